The summed E-state index contributed by atoms with van der Waals surface area (Å²) in [5, 5.41) is 12.7. The molecule has 0 fully saturated rings. The van der Waals surface area contributed by atoms with Crippen molar-refractivity contribution in [3.63, 3.8) is 0 Å². The predicted octanol–water partition coefficient (Wildman–Crippen LogP) is 3.85. The molecule has 0 heterocycles. The molecule has 2 rings (SSSR count). The molecule has 3 N–H and O–H groups in total. The summed E-state index contributed by atoms with van der Waals surface area (Å²) in [4.78, 5) is 0. The number of benzene rings is 2. The first-order valence-electron chi connectivity index (χ1n) is 5.43. The Morgan fingerprint density at radius 3 is 2.61 bits per heavy atom. The number of nitrogens with two attached hydrogens (primary N) is 1. The van der Waals surface area contributed by atoms with E-state index in [9.17, 15) is 0 Å². The average Bonchev–Trinajstić information content (AvgIpc) is 2.33. The van der Waals surface area contributed by atoms with Crippen molar-refractivity contribution in [2.75, 3.05) is 11.1 Å². The van der Waals surface area contributed by atoms with E-state index in [-0.39, 0.29) is 0 Å². The maximum atomic E-state index is 9.04. The van der Waals surface area contributed by atoms with Crippen LogP contribution >= 0.6 is 11.6 Å². The number of hydrogen-bond donors (Lipinski definition) is 2. The number of aryl methyl sites for hydroxylation is 1. The second kappa shape index (κ2) is 4.99. The number of nitriles is 1. The van der Waals surface area contributed by atoms with Crippen LogP contribution in [0.5, 0.6) is 0 Å². The molecule has 0 bridgehead atoms. The SMILES string of the molecule is Cc1ccc(Nc2cc(Cl)ccc2C#N)c(N)c1. The minimum absolute atomic E-state index is 0.527. The highest BCUT2D eigenvalue weighted by Gasteiger charge is 2.05. The van der Waals surface area contributed by atoms with E-state index in [1.165, 1.54) is 0 Å². The molecule has 0 aromatic heterocycles. The van der Waals surface area contributed by atoms with Crippen LogP contribution < -0.4 is 11.1 Å². The molecular weight excluding hydrogens is 246 g/mol. The highest BCUT2D eigenvalue weighted by Crippen LogP contribution is 2.28. The van der Waals surface area contributed by atoms with Crippen molar-refractivity contribution in [2.24, 2.45) is 0 Å². The van der Waals surface area contributed by atoms with E-state index in [4.69, 9.17) is 22.6 Å². The zero-order chi connectivity index (χ0) is 13.1. The normalized spacial score (nSPS) is 9.83. The van der Waals surface area contributed by atoms with Crippen LogP contribution in [0, 0.1) is 18.3 Å². The third-order valence-electron chi connectivity index (χ3n) is 2.58. The minimum Gasteiger partial charge on any atom is -0.397 e. The highest BCUT2D eigenvalue weighted by molar-refractivity contribution is 6.30. The Morgan fingerprint density at radius 1 is 1.17 bits per heavy atom. The van der Waals surface area contributed by atoms with Crippen molar-refractivity contribution >= 4 is 28.7 Å². The molecule has 0 aliphatic carbocycles. The third kappa shape index (κ3) is 2.55. The number of nitrogens with one attached hydrogen (secondary N) is 1. The summed E-state index contributed by atoms with van der Waals surface area (Å²) in [5.41, 5.74) is 9.59. The van der Waals surface area contributed by atoms with E-state index in [1.54, 1.807) is 18.2 Å². The summed E-state index contributed by atoms with van der Waals surface area (Å²) in [6, 6.07) is 12.9. The fourth-order valence-electron chi connectivity index (χ4n) is 1.66. The van der Waals surface area contributed by atoms with Gasteiger partial charge in [-0.15, -0.1) is 0 Å². The Morgan fingerprint density at radius 2 is 1.94 bits per heavy atom. The van der Waals surface area contributed by atoms with Crippen LogP contribution in [0.2, 0.25) is 5.02 Å². The van der Waals surface area contributed by atoms with Crippen LogP contribution in [0.4, 0.5) is 17.1 Å². The molecular formula is C14H12ClN3. The first-order valence-corrected chi connectivity index (χ1v) is 5.81. The number of nitrogen functional groups attached to an aromatic ring is 1. The van der Waals surface area contributed by atoms with E-state index >= 15 is 0 Å². The van der Waals surface area contributed by atoms with Crippen molar-refractivity contribution in [1.82, 2.24) is 0 Å². The first-order chi connectivity index (χ1) is 8.60. The van der Waals surface area contributed by atoms with Crippen LogP contribution in [-0.2, 0) is 0 Å². The van der Waals surface area contributed by atoms with Gasteiger partial charge in [0.05, 0.1) is 22.6 Å². The second-order valence-corrected chi connectivity index (χ2v) is 4.45. The number of hydrogen-bond acceptors (Lipinski definition) is 3. The van der Waals surface area contributed by atoms with Gasteiger partial charge in [-0.25, -0.2) is 0 Å². The summed E-state index contributed by atoms with van der Waals surface area (Å²) in [5.74, 6) is 0. The van der Waals surface area contributed by atoms with Gasteiger partial charge < -0.3 is 11.1 Å². The zero-order valence-corrected chi connectivity index (χ0v) is 10.6. The van der Waals surface area contributed by atoms with Crippen LogP contribution in [-0.4, -0.2) is 0 Å². The van der Waals surface area contributed by atoms with E-state index in [0.717, 1.165) is 11.3 Å². The second-order valence-electron chi connectivity index (χ2n) is 4.02. The summed E-state index contributed by atoms with van der Waals surface area (Å²) in [6.07, 6.45) is 0. The number of halogens is 1. The highest BCUT2D eigenvalue weighted by atomic mass is 35.5. The van der Waals surface area contributed by atoms with Gasteiger partial charge in [0.2, 0.25) is 0 Å². The lowest BCUT2D eigenvalue weighted by molar-refractivity contribution is 1.43. The van der Waals surface area contributed by atoms with Crippen molar-refractivity contribution in [3.8, 4) is 6.07 Å². The van der Waals surface area contributed by atoms with Gasteiger partial charge in [-0.3, -0.25) is 0 Å². The molecule has 3 nitrogen and oxygen atoms in total. The van der Waals surface area contributed by atoms with Crippen molar-refractivity contribution in [2.45, 2.75) is 6.92 Å². The molecule has 90 valence electrons. The zero-order valence-electron chi connectivity index (χ0n) is 9.87. The van der Waals surface area contributed by atoms with E-state index < -0.39 is 0 Å². The quantitative estimate of drug-likeness (QED) is 0.804. The van der Waals surface area contributed by atoms with Crippen molar-refractivity contribution < 1.29 is 0 Å². The Kier molecular flexibility index (Phi) is 3.40. The summed E-state index contributed by atoms with van der Waals surface area (Å²) < 4.78 is 0. The standard InChI is InChI=1S/C14H12ClN3/c1-9-2-5-13(12(17)6-9)18-14-7-11(15)4-3-10(14)8-16/h2-7,18H,17H2,1H3. The lowest BCUT2D eigenvalue weighted by Gasteiger charge is -2.11. The molecule has 0 aliphatic heterocycles. The van der Waals surface area contributed by atoms with E-state index in [2.05, 4.69) is 11.4 Å². The molecule has 2 aromatic carbocycles. The van der Waals surface area contributed by atoms with Gasteiger partial charge in [0.1, 0.15) is 6.07 Å². The number of rotatable bonds is 2. The molecule has 0 amide bonds. The molecule has 0 radical (unpaired) electrons. The van der Waals surface area contributed by atoms with E-state index in [0.29, 0.717) is 22.0 Å². The smallest absolute Gasteiger partial charge is 0.101 e. The first kappa shape index (κ1) is 12.3. The maximum absolute atomic E-state index is 9.04. The lowest BCUT2D eigenvalue weighted by Crippen LogP contribution is -1.98. The maximum Gasteiger partial charge on any atom is 0.101 e. The average molecular weight is 258 g/mol. The molecule has 0 aliphatic rings. The van der Waals surface area contributed by atoms with Crippen molar-refractivity contribution in [3.05, 3.63) is 52.5 Å². The topological polar surface area (TPSA) is 61.8 Å². The molecule has 0 unspecified atom stereocenters. The molecule has 4 heteroatoms. The molecule has 0 atom stereocenters. The Hall–Kier alpha value is -2.18. The van der Waals surface area contributed by atoms with Crippen LogP contribution in [0.1, 0.15) is 11.1 Å². The minimum atomic E-state index is 0.527. The molecule has 18 heavy (non-hydrogen) atoms. The molecule has 2 aromatic rings. The predicted molar refractivity (Wildman–Crippen MR) is 75.0 cm³/mol. The Labute approximate surface area is 111 Å². The van der Waals surface area contributed by atoms with Crippen LogP contribution in [0.3, 0.4) is 0 Å². The van der Waals surface area contributed by atoms with Crippen LogP contribution in [0.15, 0.2) is 36.4 Å². The molecule has 0 saturated carbocycles. The third-order valence-corrected chi connectivity index (χ3v) is 2.81. The van der Waals surface area contributed by atoms with Crippen molar-refractivity contribution in [1.29, 1.82) is 5.26 Å². The fraction of sp³-hybridized carbons (Fsp3) is 0.0714. The fourth-order valence-corrected chi connectivity index (χ4v) is 1.83. The number of anilines is 3. The lowest BCUT2D eigenvalue weighted by atomic mass is 10.1. The molecule has 0 saturated heterocycles. The van der Waals surface area contributed by atoms with Crippen LogP contribution in [0.25, 0.3) is 0 Å². The van der Waals surface area contributed by atoms with Gasteiger partial charge in [0.15, 0.2) is 0 Å². The van der Waals surface area contributed by atoms with Gasteiger partial charge in [0, 0.05) is 5.02 Å². The number of nitrogens with zero attached hydrogens (tertiary/aromatic N) is 1. The van der Waals surface area contributed by atoms with Gasteiger partial charge in [-0.05, 0) is 42.8 Å². The van der Waals surface area contributed by atoms with E-state index in [1.807, 2.05) is 25.1 Å². The van der Waals surface area contributed by atoms with Gasteiger partial charge in [-0.1, -0.05) is 17.7 Å². The van der Waals surface area contributed by atoms with Gasteiger partial charge in [-0.2, -0.15) is 5.26 Å². The summed E-state index contributed by atoms with van der Waals surface area (Å²) in [7, 11) is 0. The Balaban J connectivity index is 2.40. The largest absolute Gasteiger partial charge is 0.397 e. The Bertz CT molecular complexity index is 629. The molecule has 0 spiro atoms. The van der Waals surface area contributed by atoms with Gasteiger partial charge in [0.25, 0.3) is 0 Å². The summed E-state index contributed by atoms with van der Waals surface area (Å²) in [6.45, 7) is 1.97. The van der Waals surface area contributed by atoms with Gasteiger partial charge >= 0.3 is 0 Å². The monoisotopic (exact) mass is 257 g/mol. The summed E-state index contributed by atoms with van der Waals surface area (Å²) >= 11 is 5.92.